The average Bonchev–Trinajstić information content (AvgIpc) is 3.03. The van der Waals surface area contributed by atoms with Gasteiger partial charge in [0.1, 0.15) is 0 Å². The van der Waals surface area contributed by atoms with Gasteiger partial charge in [0, 0.05) is 32.9 Å². The van der Waals surface area contributed by atoms with Crippen molar-refractivity contribution in [3.8, 4) is 0 Å². The van der Waals surface area contributed by atoms with Gasteiger partial charge in [-0.3, -0.25) is 9.97 Å². The minimum atomic E-state index is 0.0251. The summed E-state index contributed by atoms with van der Waals surface area (Å²) >= 11 is 0. The summed E-state index contributed by atoms with van der Waals surface area (Å²) < 4.78 is 4.85. The summed E-state index contributed by atoms with van der Waals surface area (Å²) in [6, 6.07) is 24.2. The number of nitrogens with two attached hydrogens (primary N) is 1. The van der Waals surface area contributed by atoms with Gasteiger partial charge in [0.2, 0.25) is 0 Å². The lowest BCUT2D eigenvalue weighted by molar-refractivity contribution is -0.147. The van der Waals surface area contributed by atoms with E-state index in [4.69, 9.17) is 25.4 Å². The van der Waals surface area contributed by atoms with Gasteiger partial charge in [-0.1, -0.05) is 72.8 Å². The molecule has 0 aliphatic carbocycles. The van der Waals surface area contributed by atoms with Crippen LogP contribution in [0.3, 0.4) is 0 Å². The van der Waals surface area contributed by atoms with Gasteiger partial charge in [-0.25, -0.2) is 9.97 Å². The Hall–Kier alpha value is -5.51. The third kappa shape index (κ3) is 5.42. The van der Waals surface area contributed by atoms with Gasteiger partial charge in [-0.2, -0.15) is 21.1 Å². The second-order valence-corrected chi connectivity index (χ2v) is 10.1. The van der Waals surface area contributed by atoms with Gasteiger partial charge in [0.15, 0.2) is 0 Å². The first kappa shape index (κ1) is 26.7. The standard InChI is InChI=1S/C32H30N9O/c1-4-19(2)27-16-13-24-10-9-23-12-15-26(38-30(23)31(24)39-27)18-35-41-32(42-33)40-34-17-25-14-11-22-8-7-21-6-5-20(3)36-28(21)29(22)37-25/h5-19,40-41H,4,33H2,1-3H3/q+1/b34-17+,35-18+. The summed E-state index contributed by atoms with van der Waals surface area (Å²) in [5.74, 6) is 5.78. The quantitative estimate of drug-likeness (QED) is 0.103. The Morgan fingerprint density at radius 3 is 1.69 bits per heavy atom. The van der Waals surface area contributed by atoms with E-state index in [1.165, 1.54) is 0 Å². The predicted octanol–water partition coefficient (Wildman–Crippen LogP) is 5.78. The zero-order valence-corrected chi connectivity index (χ0v) is 23.5. The Labute approximate surface area is 242 Å². The molecule has 0 spiro atoms. The molecule has 42 heavy (non-hydrogen) atoms. The number of hydrogen-bond acceptors (Lipinski definition) is 7. The van der Waals surface area contributed by atoms with Crippen molar-refractivity contribution in [1.82, 2.24) is 30.8 Å². The van der Waals surface area contributed by atoms with E-state index in [9.17, 15) is 0 Å². The van der Waals surface area contributed by atoms with Crippen LogP contribution < -0.4 is 16.7 Å². The molecule has 0 bridgehead atoms. The van der Waals surface area contributed by atoms with Crippen LogP contribution in [0.15, 0.2) is 83.0 Å². The Bertz CT molecular complexity index is 2030. The highest BCUT2D eigenvalue weighted by Gasteiger charge is 2.11. The molecule has 208 valence electrons. The van der Waals surface area contributed by atoms with E-state index in [0.717, 1.165) is 61.4 Å². The number of hydrazone groups is 2. The molecule has 10 nitrogen and oxygen atoms in total. The first-order valence-electron chi connectivity index (χ1n) is 13.7. The topological polar surface area (TPSA) is 138 Å². The molecule has 2 amide bonds. The van der Waals surface area contributed by atoms with Crippen LogP contribution >= 0.6 is 0 Å². The Morgan fingerprint density at radius 2 is 1.17 bits per heavy atom. The maximum atomic E-state index is 5.41. The number of benzene rings is 2. The van der Waals surface area contributed by atoms with Crippen LogP contribution in [0, 0.1) is 6.92 Å². The minimum absolute atomic E-state index is 0.0251. The van der Waals surface area contributed by atoms with Crippen LogP contribution in [-0.2, 0) is 0 Å². The third-order valence-corrected chi connectivity index (χ3v) is 7.20. The van der Waals surface area contributed by atoms with Crippen LogP contribution in [0.2, 0.25) is 0 Å². The van der Waals surface area contributed by atoms with Crippen molar-refractivity contribution in [3.63, 3.8) is 0 Å². The number of nitrogens with one attached hydrogen (secondary N) is 2. The number of amides is 2. The summed E-state index contributed by atoms with van der Waals surface area (Å²) in [7, 11) is 0. The molecule has 1 unspecified atom stereocenters. The molecule has 10 heteroatoms. The SMILES string of the molecule is CCC(C)c1ccc2ccc3ccc(/C=N/NC(N/N=C/c4ccc5ccc6ccc(C)nc6c5n4)=[O+]N)nc3c2n1. The number of carbonyl (C=O) groups excluding carboxylic acids is 1. The smallest absolute Gasteiger partial charge is 0.251 e. The van der Waals surface area contributed by atoms with Crippen molar-refractivity contribution in [2.75, 3.05) is 0 Å². The van der Waals surface area contributed by atoms with Gasteiger partial charge < -0.3 is 0 Å². The number of aromatic nitrogens is 4. The second-order valence-electron chi connectivity index (χ2n) is 10.1. The number of rotatable bonds is 6. The molecular formula is C32H30N9O+. The maximum absolute atomic E-state index is 5.41. The molecule has 4 aromatic heterocycles. The number of nitrogens with zero attached hydrogens (tertiary/aromatic N) is 6. The highest BCUT2D eigenvalue weighted by molar-refractivity contribution is 6.04. The maximum Gasteiger partial charge on any atom is 0.586 e. The summed E-state index contributed by atoms with van der Waals surface area (Å²) in [4.78, 5) is 19.2. The molecule has 0 radical (unpaired) electrons. The van der Waals surface area contributed by atoms with Crippen LogP contribution in [-0.4, -0.2) is 38.4 Å². The molecule has 4 N–H and O–H groups in total. The third-order valence-electron chi connectivity index (χ3n) is 7.20. The lowest BCUT2D eigenvalue weighted by Gasteiger charge is -2.10. The van der Waals surface area contributed by atoms with Crippen molar-refractivity contribution in [2.24, 2.45) is 16.1 Å². The first-order chi connectivity index (χ1) is 20.5. The van der Waals surface area contributed by atoms with Crippen LogP contribution in [0.4, 0.5) is 4.53 Å². The van der Waals surface area contributed by atoms with E-state index in [1.54, 1.807) is 12.4 Å². The molecule has 0 saturated heterocycles. The van der Waals surface area contributed by atoms with Gasteiger partial charge >= 0.3 is 6.03 Å². The lowest BCUT2D eigenvalue weighted by Crippen LogP contribution is -2.30. The molecule has 0 aliphatic rings. The molecule has 6 aromatic rings. The molecule has 2 aromatic carbocycles. The van der Waals surface area contributed by atoms with Gasteiger partial charge in [0.05, 0.1) is 45.9 Å². The van der Waals surface area contributed by atoms with Gasteiger partial charge in [-0.15, -0.1) is 0 Å². The average molecular weight is 557 g/mol. The van der Waals surface area contributed by atoms with Gasteiger partial charge in [-0.05, 0) is 43.5 Å². The first-order valence-corrected chi connectivity index (χ1v) is 13.7. The van der Waals surface area contributed by atoms with E-state index in [-0.39, 0.29) is 6.03 Å². The Balaban J connectivity index is 1.17. The highest BCUT2D eigenvalue weighted by atomic mass is 16.5. The van der Waals surface area contributed by atoms with Crippen LogP contribution in [0.1, 0.15) is 49.0 Å². The van der Waals surface area contributed by atoms with Crippen molar-refractivity contribution < 1.29 is 4.53 Å². The summed E-state index contributed by atoms with van der Waals surface area (Å²) in [5, 5.41) is 12.5. The number of hydrogen-bond donors (Lipinski definition) is 3. The predicted molar refractivity (Wildman–Crippen MR) is 169 cm³/mol. The minimum Gasteiger partial charge on any atom is -0.251 e. The summed E-state index contributed by atoms with van der Waals surface area (Å²) in [6.07, 6.45) is 4.16. The molecule has 0 saturated carbocycles. The van der Waals surface area contributed by atoms with Crippen molar-refractivity contribution in [1.29, 1.82) is 0 Å². The fourth-order valence-electron chi connectivity index (χ4n) is 4.70. The zero-order chi connectivity index (χ0) is 29.1. The van der Waals surface area contributed by atoms with E-state index in [1.807, 2.05) is 55.5 Å². The van der Waals surface area contributed by atoms with E-state index >= 15 is 0 Å². The molecule has 0 aliphatic heterocycles. The highest BCUT2D eigenvalue weighted by Crippen LogP contribution is 2.26. The lowest BCUT2D eigenvalue weighted by atomic mass is 10.0. The van der Waals surface area contributed by atoms with Crippen molar-refractivity contribution in [2.45, 2.75) is 33.1 Å². The fraction of sp³-hybridized carbons (Fsp3) is 0.156. The molecular weight excluding hydrogens is 526 g/mol. The normalized spacial score (nSPS) is 13.2. The van der Waals surface area contributed by atoms with Crippen LogP contribution in [0.25, 0.3) is 43.6 Å². The summed E-state index contributed by atoms with van der Waals surface area (Å²) in [6.45, 7) is 6.31. The summed E-state index contributed by atoms with van der Waals surface area (Å²) in [5.41, 5.74) is 12.1. The molecule has 6 rings (SSSR count). The number of fused-ring (bicyclic) bond motifs is 6. The Kier molecular flexibility index (Phi) is 7.33. The monoisotopic (exact) mass is 556 g/mol. The number of urea groups is 1. The molecule has 0 fully saturated rings. The van der Waals surface area contributed by atoms with Crippen LogP contribution in [0.5, 0.6) is 0 Å². The number of pyridine rings is 4. The van der Waals surface area contributed by atoms with E-state index < -0.39 is 0 Å². The fourth-order valence-corrected chi connectivity index (χ4v) is 4.70. The van der Waals surface area contributed by atoms with E-state index in [2.05, 4.69) is 64.2 Å². The zero-order valence-electron chi connectivity index (χ0n) is 23.5. The Morgan fingerprint density at radius 1 is 0.714 bits per heavy atom. The van der Waals surface area contributed by atoms with E-state index in [0.29, 0.717) is 17.3 Å². The largest absolute Gasteiger partial charge is 0.586 e. The van der Waals surface area contributed by atoms with Crippen molar-refractivity contribution in [3.05, 3.63) is 95.6 Å². The van der Waals surface area contributed by atoms with Crippen molar-refractivity contribution >= 4 is 62.1 Å². The number of aryl methyl sites for hydroxylation is 1. The second kappa shape index (κ2) is 11.5. The molecule has 4 heterocycles. The molecule has 1 atom stereocenters. The van der Waals surface area contributed by atoms with Gasteiger partial charge in [0.25, 0.3) is 0 Å².